The van der Waals surface area contributed by atoms with Gasteiger partial charge in [0.1, 0.15) is 5.82 Å². The van der Waals surface area contributed by atoms with Crippen molar-refractivity contribution in [1.29, 1.82) is 0 Å². The fraction of sp³-hybridized carbons (Fsp3) is 0.350. The monoisotopic (exact) mass is 326 g/mol. The van der Waals surface area contributed by atoms with E-state index in [-0.39, 0.29) is 11.6 Å². The SMILES string of the molecule is O=C(Nc1ccccc1F)c1ccc(CN2CCCCCC2)cc1. The molecule has 1 aliphatic rings. The molecule has 1 fully saturated rings. The van der Waals surface area contributed by atoms with Gasteiger partial charge in [0.2, 0.25) is 0 Å². The molecule has 0 atom stereocenters. The third-order valence-corrected chi connectivity index (χ3v) is 4.44. The number of nitrogens with one attached hydrogen (secondary N) is 1. The number of carbonyl (C=O) groups excluding carboxylic acids is 1. The number of benzene rings is 2. The average Bonchev–Trinajstić information content (AvgIpc) is 2.86. The highest BCUT2D eigenvalue weighted by Gasteiger charge is 2.11. The van der Waals surface area contributed by atoms with Crippen molar-refractivity contribution in [2.45, 2.75) is 32.2 Å². The van der Waals surface area contributed by atoms with E-state index in [0.29, 0.717) is 5.56 Å². The fourth-order valence-electron chi connectivity index (χ4n) is 3.07. The first-order valence-electron chi connectivity index (χ1n) is 8.59. The van der Waals surface area contributed by atoms with E-state index in [0.717, 1.165) is 19.6 Å². The molecule has 0 unspecified atom stereocenters. The molecule has 0 bridgehead atoms. The van der Waals surface area contributed by atoms with Gasteiger partial charge in [0, 0.05) is 12.1 Å². The van der Waals surface area contributed by atoms with Gasteiger partial charge in [-0.3, -0.25) is 9.69 Å². The molecule has 24 heavy (non-hydrogen) atoms. The van der Waals surface area contributed by atoms with Crippen molar-refractivity contribution in [1.82, 2.24) is 4.90 Å². The van der Waals surface area contributed by atoms with Gasteiger partial charge in [0.15, 0.2) is 0 Å². The fourth-order valence-corrected chi connectivity index (χ4v) is 3.07. The van der Waals surface area contributed by atoms with Crippen molar-refractivity contribution in [3.05, 3.63) is 65.5 Å². The third kappa shape index (κ3) is 4.42. The lowest BCUT2D eigenvalue weighted by atomic mass is 10.1. The van der Waals surface area contributed by atoms with Crippen LogP contribution in [-0.2, 0) is 6.54 Å². The lowest BCUT2D eigenvalue weighted by Crippen LogP contribution is -2.24. The van der Waals surface area contributed by atoms with Crippen LogP contribution >= 0.6 is 0 Å². The average molecular weight is 326 g/mol. The molecule has 0 aromatic heterocycles. The number of anilines is 1. The highest BCUT2D eigenvalue weighted by Crippen LogP contribution is 2.16. The zero-order valence-electron chi connectivity index (χ0n) is 13.8. The van der Waals surface area contributed by atoms with E-state index in [4.69, 9.17) is 0 Å². The molecule has 2 aromatic rings. The van der Waals surface area contributed by atoms with Crippen LogP contribution in [0, 0.1) is 5.82 Å². The molecule has 4 heteroatoms. The maximum Gasteiger partial charge on any atom is 0.255 e. The van der Waals surface area contributed by atoms with Crippen LogP contribution < -0.4 is 5.32 Å². The summed E-state index contributed by atoms with van der Waals surface area (Å²) in [6.45, 7) is 3.22. The second kappa shape index (κ2) is 8.06. The van der Waals surface area contributed by atoms with Crippen LogP contribution in [0.25, 0.3) is 0 Å². The van der Waals surface area contributed by atoms with Gasteiger partial charge < -0.3 is 5.32 Å². The molecule has 1 heterocycles. The minimum absolute atomic E-state index is 0.205. The Morgan fingerprint density at radius 1 is 0.958 bits per heavy atom. The number of rotatable bonds is 4. The molecule has 0 saturated carbocycles. The van der Waals surface area contributed by atoms with Crippen LogP contribution in [0.4, 0.5) is 10.1 Å². The van der Waals surface area contributed by atoms with Crippen molar-refractivity contribution < 1.29 is 9.18 Å². The Morgan fingerprint density at radius 3 is 2.29 bits per heavy atom. The summed E-state index contributed by atoms with van der Waals surface area (Å²) in [7, 11) is 0. The second-order valence-electron chi connectivity index (χ2n) is 6.32. The van der Waals surface area contributed by atoms with Crippen molar-refractivity contribution in [2.24, 2.45) is 0 Å². The normalized spacial score (nSPS) is 15.7. The largest absolute Gasteiger partial charge is 0.319 e. The van der Waals surface area contributed by atoms with Gasteiger partial charge in [-0.1, -0.05) is 37.1 Å². The molecule has 126 valence electrons. The van der Waals surface area contributed by atoms with Gasteiger partial charge in [-0.15, -0.1) is 0 Å². The van der Waals surface area contributed by atoms with Gasteiger partial charge in [-0.25, -0.2) is 4.39 Å². The van der Waals surface area contributed by atoms with Crippen LogP contribution in [0.5, 0.6) is 0 Å². The van der Waals surface area contributed by atoms with Crippen LogP contribution in [0.2, 0.25) is 0 Å². The van der Waals surface area contributed by atoms with Crippen molar-refractivity contribution in [3.63, 3.8) is 0 Å². The number of para-hydroxylation sites is 1. The molecule has 1 N–H and O–H groups in total. The summed E-state index contributed by atoms with van der Waals surface area (Å²) in [6.07, 6.45) is 5.18. The van der Waals surface area contributed by atoms with Gasteiger partial charge in [-0.05, 0) is 55.8 Å². The highest BCUT2D eigenvalue weighted by molar-refractivity contribution is 6.04. The topological polar surface area (TPSA) is 32.3 Å². The highest BCUT2D eigenvalue weighted by atomic mass is 19.1. The van der Waals surface area contributed by atoms with E-state index < -0.39 is 5.82 Å². The predicted molar refractivity (Wildman–Crippen MR) is 94.5 cm³/mol. The zero-order chi connectivity index (χ0) is 16.8. The molecule has 1 aliphatic heterocycles. The third-order valence-electron chi connectivity index (χ3n) is 4.44. The van der Waals surface area contributed by atoms with Crippen LogP contribution in [-0.4, -0.2) is 23.9 Å². The molecule has 1 amide bonds. The first-order valence-corrected chi connectivity index (χ1v) is 8.59. The second-order valence-corrected chi connectivity index (χ2v) is 6.32. The molecule has 0 radical (unpaired) electrons. The Morgan fingerprint density at radius 2 is 1.62 bits per heavy atom. The van der Waals surface area contributed by atoms with Crippen molar-refractivity contribution in [3.8, 4) is 0 Å². The smallest absolute Gasteiger partial charge is 0.255 e. The lowest BCUT2D eigenvalue weighted by Gasteiger charge is -2.19. The maximum atomic E-state index is 13.6. The van der Waals surface area contributed by atoms with Crippen LogP contribution in [0.3, 0.4) is 0 Å². The Bertz CT molecular complexity index is 676. The van der Waals surface area contributed by atoms with Crippen molar-refractivity contribution in [2.75, 3.05) is 18.4 Å². The van der Waals surface area contributed by atoms with Gasteiger partial charge >= 0.3 is 0 Å². The van der Waals surface area contributed by atoms with E-state index in [1.165, 1.54) is 37.3 Å². The van der Waals surface area contributed by atoms with Gasteiger partial charge in [-0.2, -0.15) is 0 Å². The molecule has 3 rings (SSSR count). The minimum Gasteiger partial charge on any atom is -0.319 e. The number of halogens is 1. The summed E-state index contributed by atoms with van der Waals surface area (Å²) in [5.41, 5.74) is 1.95. The predicted octanol–water partition coefficient (Wildman–Crippen LogP) is 4.45. The number of amides is 1. The van der Waals surface area contributed by atoms with Crippen molar-refractivity contribution >= 4 is 11.6 Å². The Balaban J connectivity index is 1.61. The number of hydrogen-bond donors (Lipinski definition) is 1. The standard InChI is InChI=1S/C20H23FN2O/c21-18-7-3-4-8-19(18)22-20(24)17-11-9-16(10-12-17)15-23-13-5-1-2-6-14-23/h3-4,7-12H,1-2,5-6,13-15H2,(H,22,24). The first-order chi connectivity index (χ1) is 11.7. The van der Waals surface area contributed by atoms with E-state index in [9.17, 15) is 9.18 Å². The van der Waals surface area contributed by atoms with Crippen LogP contribution in [0.15, 0.2) is 48.5 Å². The summed E-state index contributed by atoms with van der Waals surface area (Å²) in [5.74, 6) is -0.718. The van der Waals surface area contributed by atoms with Crippen LogP contribution in [0.1, 0.15) is 41.6 Å². The van der Waals surface area contributed by atoms with E-state index in [1.54, 1.807) is 18.2 Å². The summed E-state index contributed by atoms with van der Waals surface area (Å²) in [5, 5.41) is 2.61. The van der Waals surface area contributed by atoms with Gasteiger partial charge in [0.05, 0.1) is 5.69 Å². The number of nitrogens with zero attached hydrogens (tertiary/aromatic N) is 1. The summed E-state index contributed by atoms with van der Waals surface area (Å²) < 4.78 is 13.6. The Labute approximate surface area is 142 Å². The maximum absolute atomic E-state index is 13.6. The minimum atomic E-state index is -0.427. The van der Waals surface area contributed by atoms with Gasteiger partial charge in [0.25, 0.3) is 5.91 Å². The summed E-state index contributed by atoms with van der Waals surface area (Å²) >= 11 is 0. The number of carbonyl (C=O) groups is 1. The molecular formula is C20H23FN2O. The molecule has 1 saturated heterocycles. The summed E-state index contributed by atoms with van der Waals surface area (Å²) in [4.78, 5) is 14.7. The zero-order valence-corrected chi connectivity index (χ0v) is 13.8. The van der Waals surface area contributed by atoms with E-state index in [2.05, 4.69) is 10.2 Å². The van der Waals surface area contributed by atoms with E-state index >= 15 is 0 Å². The lowest BCUT2D eigenvalue weighted by molar-refractivity contribution is 0.102. The molecule has 3 nitrogen and oxygen atoms in total. The number of likely N-dealkylation sites (tertiary alicyclic amines) is 1. The molecule has 2 aromatic carbocycles. The first kappa shape index (κ1) is 16.7. The molecule has 0 aliphatic carbocycles. The molecule has 0 spiro atoms. The van der Waals surface area contributed by atoms with E-state index in [1.807, 2.05) is 24.3 Å². The molecular weight excluding hydrogens is 303 g/mol. The quantitative estimate of drug-likeness (QED) is 0.900. The number of hydrogen-bond acceptors (Lipinski definition) is 2. The Kier molecular flexibility index (Phi) is 5.59. The summed E-state index contributed by atoms with van der Waals surface area (Å²) in [6, 6.07) is 13.8. The Hall–Kier alpha value is -2.20.